The number of likely N-dealkylation sites (tertiary alicyclic amines) is 1. The van der Waals surface area contributed by atoms with Crippen molar-refractivity contribution in [2.45, 2.75) is 65.2 Å². The largest absolute Gasteiger partial charge is 0.343 e. The second-order valence-corrected chi connectivity index (χ2v) is 6.27. The molecule has 1 amide bonds. The molecule has 19 heavy (non-hydrogen) atoms. The third-order valence-corrected chi connectivity index (χ3v) is 4.42. The molecule has 0 aromatic carbocycles. The van der Waals surface area contributed by atoms with Gasteiger partial charge in [-0.25, -0.2) is 0 Å². The van der Waals surface area contributed by atoms with Gasteiger partial charge in [-0.05, 0) is 44.1 Å². The Balaban J connectivity index is 2.35. The Morgan fingerprint density at radius 3 is 2.16 bits per heavy atom. The van der Waals surface area contributed by atoms with Crippen molar-refractivity contribution in [3.05, 3.63) is 0 Å². The van der Waals surface area contributed by atoms with E-state index < -0.39 is 0 Å². The van der Waals surface area contributed by atoms with Gasteiger partial charge in [-0.15, -0.1) is 0 Å². The predicted octanol–water partition coefficient (Wildman–Crippen LogP) is 3.18. The smallest absolute Gasteiger partial charge is 0.222 e. The quantitative estimate of drug-likeness (QED) is 0.804. The fourth-order valence-corrected chi connectivity index (χ4v) is 2.99. The molecule has 1 aliphatic heterocycles. The number of hydrogen-bond acceptors (Lipinski definition) is 2. The summed E-state index contributed by atoms with van der Waals surface area (Å²) in [6.07, 6.45) is 9.04. The molecule has 1 fully saturated rings. The van der Waals surface area contributed by atoms with E-state index in [2.05, 4.69) is 18.7 Å². The van der Waals surface area contributed by atoms with E-state index in [1.807, 2.05) is 0 Å². The van der Waals surface area contributed by atoms with E-state index in [0.29, 0.717) is 24.2 Å². The summed E-state index contributed by atoms with van der Waals surface area (Å²) in [6.45, 7) is 7.16. The van der Waals surface area contributed by atoms with Crippen LogP contribution < -0.4 is 5.73 Å². The predicted molar refractivity (Wildman–Crippen MR) is 80.9 cm³/mol. The summed E-state index contributed by atoms with van der Waals surface area (Å²) in [7, 11) is 0. The molecule has 1 aliphatic rings. The topological polar surface area (TPSA) is 46.3 Å². The summed E-state index contributed by atoms with van der Waals surface area (Å²) in [6, 6.07) is 0. The van der Waals surface area contributed by atoms with E-state index in [9.17, 15) is 4.79 Å². The summed E-state index contributed by atoms with van der Waals surface area (Å²) in [5.74, 6) is 1.59. The van der Waals surface area contributed by atoms with Crippen LogP contribution >= 0.6 is 0 Å². The summed E-state index contributed by atoms with van der Waals surface area (Å²) in [5.41, 5.74) is 5.66. The maximum Gasteiger partial charge on any atom is 0.222 e. The molecule has 2 N–H and O–H groups in total. The van der Waals surface area contributed by atoms with Crippen LogP contribution in [-0.2, 0) is 4.79 Å². The first kappa shape index (κ1) is 16.5. The van der Waals surface area contributed by atoms with Gasteiger partial charge in [-0.1, -0.05) is 33.1 Å². The lowest BCUT2D eigenvalue weighted by molar-refractivity contribution is -0.132. The average molecular weight is 268 g/mol. The Labute approximate surface area is 118 Å². The molecule has 1 atom stereocenters. The van der Waals surface area contributed by atoms with E-state index >= 15 is 0 Å². The van der Waals surface area contributed by atoms with Crippen molar-refractivity contribution >= 4 is 5.91 Å². The number of carbonyl (C=O) groups excluding carboxylic acids is 1. The van der Waals surface area contributed by atoms with Crippen molar-refractivity contribution in [1.29, 1.82) is 0 Å². The van der Waals surface area contributed by atoms with Crippen molar-refractivity contribution in [3.8, 4) is 0 Å². The maximum atomic E-state index is 12.3. The van der Waals surface area contributed by atoms with Crippen LogP contribution in [0.1, 0.15) is 65.2 Å². The first-order valence-corrected chi connectivity index (χ1v) is 8.13. The number of nitrogens with zero attached hydrogens (tertiary/aromatic N) is 1. The van der Waals surface area contributed by atoms with E-state index in [0.717, 1.165) is 32.5 Å². The van der Waals surface area contributed by atoms with Gasteiger partial charge >= 0.3 is 0 Å². The highest BCUT2D eigenvalue weighted by atomic mass is 16.2. The van der Waals surface area contributed by atoms with E-state index in [4.69, 9.17) is 5.73 Å². The standard InChI is InChI=1S/C16H32N2O/c1-14(2)15(10-11-17)8-9-16(19)18-12-6-4-3-5-7-13-18/h14-15H,3-13,17H2,1-2H3. The Hall–Kier alpha value is -0.570. The van der Waals surface area contributed by atoms with Gasteiger partial charge < -0.3 is 10.6 Å². The van der Waals surface area contributed by atoms with Crippen LogP contribution in [0, 0.1) is 11.8 Å². The van der Waals surface area contributed by atoms with Gasteiger partial charge in [0.15, 0.2) is 0 Å². The zero-order valence-electron chi connectivity index (χ0n) is 12.9. The lowest BCUT2D eigenvalue weighted by atomic mass is 9.88. The van der Waals surface area contributed by atoms with Gasteiger partial charge in [-0.2, -0.15) is 0 Å². The molecule has 3 heteroatoms. The number of hydrogen-bond donors (Lipinski definition) is 1. The fourth-order valence-electron chi connectivity index (χ4n) is 2.99. The van der Waals surface area contributed by atoms with E-state index in [1.165, 1.54) is 32.1 Å². The Morgan fingerprint density at radius 1 is 1.05 bits per heavy atom. The second kappa shape index (κ2) is 9.35. The van der Waals surface area contributed by atoms with Gasteiger partial charge in [0.25, 0.3) is 0 Å². The number of rotatable bonds is 6. The molecule has 0 saturated carbocycles. The lowest BCUT2D eigenvalue weighted by Crippen LogP contribution is -2.34. The Morgan fingerprint density at radius 2 is 1.63 bits per heavy atom. The third kappa shape index (κ3) is 6.42. The molecule has 0 aliphatic carbocycles. The van der Waals surface area contributed by atoms with Crippen molar-refractivity contribution in [2.75, 3.05) is 19.6 Å². The van der Waals surface area contributed by atoms with Crippen molar-refractivity contribution < 1.29 is 4.79 Å². The molecule has 1 unspecified atom stereocenters. The number of amides is 1. The SMILES string of the molecule is CC(C)C(CCN)CCC(=O)N1CCCCCCC1. The van der Waals surface area contributed by atoms with Gasteiger partial charge in [0.05, 0.1) is 0 Å². The van der Waals surface area contributed by atoms with E-state index in [1.54, 1.807) is 0 Å². The summed E-state index contributed by atoms with van der Waals surface area (Å²) < 4.78 is 0. The molecule has 0 spiro atoms. The van der Waals surface area contributed by atoms with Crippen LogP contribution in [0.2, 0.25) is 0 Å². The minimum Gasteiger partial charge on any atom is -0.343 e. The summed E-state index contributed by atoms with van der Waals surface area (Å²) in [4.78, 5) is 14.4. The minimum atomic E-state index is 0.365. The highest BCUT2D eigenvalue weighted by Gasteiger charge is 2.18. The van der Waals surface area contributed by atoms with Crippen molar-refractivity contribution in [2.24, 2.45) is 17.6 Å². The molecule has 3 nitrogen and oxygen atoms in total. The molecule has 0 aromatic heterocycles. The molecular weight excluding hydrogens is 236 g/mol. The molecule has 1 heterocycles. The van der Waals surface area contributed by atoms with Crippen LogP contribution in [0.15, 0.2) is 0 Å². The zero-order chi connectivity index (χ0) is 14.1. The van der Waals surface area contributed by atoms with Crippen LogP contribution in [0.4, 0.5) is 0 Å². The van der Waals surface area contributed by atoms with Crippen LogP contribution in [0.25, 0.3) is 0 Å². The maximum absolute atomic E-state index is 12.3. The Bertz CT molecular complexity index is 245. The molecule has 1 saturated heterocycles. The second-order valence-electron chi connectivity index (χ2n) is 6.27. The molecule has 0 radical (unpaired) electrons. The van der Waals surface area contributed by atoms with Crippen molar-refractivity contribution in [3.63, 3.8) is 0 Å². The monoisotopic (exact) mass is 268 g/mol. The molecule has 0 bridgehead atoms. The highest BCUT2D eigenvalue weighted by Crippen LogP contribution is 2.21. The summed E-state index contributed by atoms with van der Waals surface area (Å²) in [5, 5.41) is 0. The van der Waals surface area contributed by atoms with Crippen LogP contribution in [0.3, 0.4) is 0 Å². The average Bonchev–Trinajstić information content (AvgIpc) is 2.33. The first-order chi connectivity index (χ1) is 9.15. The molecule has 0 aromatic rings. The van der Waals surface area contributed by atoms with Gasteiger partial charge in [0.1, 0.15) is 0 Å². The van der Waals surface area contributed by atoms with Gasteiger partial charge in [0.2, 0.25) is 5.91 Å². The minimum absolute atomic E-state index is 0.365. The fraction of sp³-hybridized carbons (Fsp3) is 0.938. The molecule has 112 valence electrons. The van der Waals surface area contributed by atoms with Crippen LogP contribution in [-0.4, -0.2) is 30.4 Å². The third-order valence-electron chi connectivity index (χ3n) is 4.42. The number of carbonyl (C=O) groups is 1. The van der Waals surface area contributed by atoms with Crippen molar-refractivity contribution in [1.82, 2.24) is 4.90 Å². The normalized spacial score (nSPS) is 19.1. The van der Waals surface area contributed by atoms with Gasteiger partial charge in [-0.3, -0.25) is 4.79 Å². The molecular formula is C16H32N2O. The highest BCUT2D eigenvalue weighted by molar-refractivity contribution is 5.76. The van der Waals surface area contributed by atoms with Gasteiger partial charge in [0, 0.05) is 19.5 Å². The molecule has 1 rings (SSSR count). The Kier molecular flexibility index (Phi) is 8.11. The van der Waals surface area contributed by atoms with E-state index in [-0.39, 0.29) is 0 Å². The summed E-state index contributed by atoms with van der Waals surface area (Å²) >= 11 is 0. The van der Waals surface area contributed by atoms with Crippen LogP contribution in [0.5, 0.6) is 0 Å². The first-order valence-electron chi connectivity index (χ1n) is 8.13. The number of nitrogens with two attached hydrogens (primary N) is 1. The lowest BCUT2D eigenvalue weighted by Gasteiger charge is -2.26. The zero-order valence-corrected chi connectivity index (χ0v) is 12.9.